The number of allylic oxidation sites excluding steroid dienone is 1. The molecule has 1 aliphatic carbocycles. The van der Waals surface area contributed by atoms with Gasteiger partial charge in [-0.05, 0) is 25.2 Å². The summed E-state index contributed by atoms with van der Waals surface area (Å²) in [6, 6.07) is -0.975. The highest BCUT2D eigenvalue weighted by atomic mass is 15.3. The largest absolute Gasteiger partial charge is 0.386 e. The predicted octanol–water partition coefficient (Wildman–Crippen LogP) is -1.87. The molecule has 0 saturated heterocycles. The Morgan fingerprint density at radius 3 is 2.58 bits per heavy atom. The number of hydrogen-bond acceptors (Lipinski definition) is 7. The third-order valence-electron chi connectivity index (χ3n) is 4.64. The minimum Gasteiger partial charge on any atom is -0.386 e. The van der Waals surface area contributed by atoms with Crippen LogP contribution in [0.4, 0.5) is 0 Å². The van der Waals surface area contributed by atoms with Crippen LogP contribution in [0, 0.1) is 5.92 Å². The van der Waals surface area contributed by atoms with Crippen molar-refractivity contribution >= 4 is 11.7 Å². The summed E-state index contributed by atoms with van der Waals surface area (Å²) in [4.78, 5) is 8.61. The van der Waals surface area contributed by atoms with Gasteiger partial charge in [-0.3, -0.25) is 4.99 Å². The maximum atomic E-state index is 6.42. The summed E-state index contributed by atoms with van der Waals surface area (Å²) < 4.78 is 0. The SMILES string of the molecule is NC1=N[C@@]2(C(N)C3C=CCCC3)C(N)=N[C@@]2(N)C1N. The molecule has 0 aromatic heterocycles. The Kier molecular flexibility index (Phi) is 2.51. The third kappa shape index (κ3) is 1.32. The van der Waals surface area contributed by atoms with Gasteiger partial charge in [0.1, 0.15) is 17.7 Å². The van der Waals surface area contributed by atoms with Gasteiger partial charge < -0.3 is 28.7 Å². The summed E-state index contributed by atoms with van der Waals surface area (Å²) in [7, 11) is 0. The van der Waals surface area contributed by atoms with Crippen molar-refractivity contribution in [3.05, 3.63) is 12.2 Å². The second-order valence-corrected chi connectivity index (χ2v) is 5.65. The summed E-state index contributed by atoms with van der Waals surface area (Å²) in [5.41, 5.74) is 28.5. The molecule has 3 rings (SSSR count). The van der Waals surface area contributed by atoms with Crippen molar-refractivity contribution < 1.29 is 0 Å². The first-order valence-corrected chi connectivity index (χ1v) is 6.61. The van der Waals surface area contributed by atoms with Crippen molar-refractivity contribution in [1.82, 2.24) is 0 Å². The molecule has 0 bridgehead atoms. The van der Waals surface area contributed by atoms with E-state index in [1.54, 1.807) is 0 Å². The number of hydrogen-bond donors (Lipinski definition) is 5. The molecule has 0 spiro atoms. The predicted molar refractivity (Wildman–Crippen MR) is 75.3 cm³/mol. The molecule has 0 radical (unpaired) electrons. The Balaban J connectivity index is 2.00. The first-order chi connectivity index (χ1) is 8.93. The molecule has 19 heavy (non-hydrogen) atoms. The Labute approximate surface area is 112 Å². The van der Waals surface area contributed by atoms with Crippen molar-refractivity contribution in [3.63, 3.8) is 0 Å². The molecule has 10 N–H and O–H groups in total. The van der Waals surface area contributed by atoms with E-state index in [1.807, 2.05) is 0 Å². The van der Waals surface area contributed by atoms with Crippen molar-refractivity contribution in [3.8, 4) is 0 Å². The molecule has 0 saturated carbocycles. The lowest BCUT2D eigenvalue weighted by Gasteiger charge is -2.52. The van der Waals surface area contributed by atoms with E-state index < -0.39 is 17.2 Å². The number of aliphatic imine (C=N–C) groups is 2. The molecule has 2 heterocycles. The molecule has 3 unspecified atom stereocenters. The molecule has 5 atom stereocenters. The van der Waals surface area contributed by atoms with Gasteiger partial charge in [0.15, 0.2) is 11.2 Å². The lowest BCUT2D eigenvalue weighted by molar-refractivity contribution is 0.198. The van der Waals surface area contributed by atoms with E-state index in [-0.39, 0.29) is 17.8 Å². The van der Waals surface area contributed by atoms with Crippen molar-refractivity contribution in [1.29, 1.82) is 0 Å². The highest BCUT2D eigenvalue weighted by molar-refractivity contribution is 6.07. The van der Waals surface area contributed by atoms with Gasteiger partial charge in [-0.2, -0.15) is 0 Å². The van der Waals surface area contributed by atoms with Crippen LogP contribution < -0.4 is 28.7 Å². The van der Waals surface area contributed by atoms with Gasteiger partial charge in [-0.15, -0.1) is 0 Å². The average molecular weight is 263 g/mol. The van der Waals surface area contributed by atoms with E-state index in [0.717, 1.165) is 19.3 Å². The maximum absolute atomic E-state index is 6.42. The van der Waals surface area contributed by atoms with E-state index in [2.05, 4.69) is 22.1 Å². The number of nitrogens with two attached hydrogens (primary N) is 5. The van der Waals surface area contributed by atoms with E-state index in [0.29, 0.717) is 5.84 Å². The summed E-state index contributed by atoms with van der Waals surface area (Å²) in [6.07, 6.45) is 7.43. The van der Waals surface area contributed by atoms with E-state index in [4.69, 9.17) is 28.7 Å². The van der Waals surface area contributed by atoms with Crippen LogP contribution in [0.1, 0.15) is 19.3 Å². The van der Waals surface area contributed by atoms with E-state index in [1.165, 1.54) is 0 Å². The van der Waals surface area contributed by atoms with Crippen LogP contribution in [0.15, 0.2) is 22.1 Å². The summed E-state index contributed by atoms with van der Waals surface area (Å²) in [5, 5.41) is 0. The number of fused-ring (bicyclic) bond motifs is 1. The van der Waals surface area contributed by atoms with Gasteiger partial charge in [0.05, 0.1) is 0 Å². The molecule has 7 heteroatoms. The molecular formula is C12H21N7. The second kappa shape index (κ2) is 3.78. The summed E-state index contributed by atoms with van der Waals surface area (Å²) in [6.45, 7) is 0. The van der Waals surface area contributed by atoms with E-state index >= 15 is 0 Å². The molecule has 0 aromatic rings. The molecular weight excluding hydrogens is 242 g/mol. The second-order valence-electron chi connectivity index (χ2n) is 5.65. The van der Waals surface area contributed by atoms with Gasteiger partial charge in [-0.25, -0.2) is 4.99 Å². The standard InChI is InChI=1S/C12H21N7/c13-7(6-4-2-1-3-5-6)11-10(16)19-12(11,17)8(14)9(15)18-11/h2,4,6-8H,1,3,5,13-14,17H2,(H2,15,18)(H2,16,19)/t6?,7?,8?,11-,12-/m0/s1. The van der Waals surface area contributed by atoms with E-state index in [9.17, 15) is 0 Å². The van der Waals surface area contributed by atoms with Gasteiger partial charge in [-0.1, -0.05) is 12.2 Å². The Morgan fingerprint density at radius 2 is 2.05 bits per heavy atom. The van der Waals surface area contributed by atoms with Gasteiger partial charge in [0.25, 0.3) is 0 Å². The smallest absolute Gasteiger partial charge is 0.175 e. The first-order valence-electron chi connectivity index (χ1n) is 6.61. The van der Waals surface area contributed by atoms with Crippen LogP contribution in [-0.2, 0) is 0 Å². The minimum absolute atomic E-state index is 0.174. The topological polar surface area (TPSA) is 155 Å². The number of nitrogens with zero attached hydrogens (tertiary/aromatic N) is 2. The average Bonchev–Trinajstić information content (AvgIpc) is 2.57. The highest BCUT2D eigenvalue weighted by Gasteiger charge is 2.70. The third-order valence-corrected chi connectivity index (χ3v) is 4.64. The quantitative estimate of drug-likeness (QED) is 0.369. The highest BCUT2D eigenvalue weighted by Crippen LogP contribution is 2.46. The van der Waals surface area contributed by atoms with Crippen molar-refractivity contribution in [2.24, 2.45) is 44.6 Å². The van der Waals surface area contributed by atoms with Gasteiger partial charge in [0.2, 0.25) is 0 Å². The molecule has 7 nitrogen and oxygen atoms in total. The fourth-order valence-corrected chi connectivity index (χ4v) is 3.43. The first kappa shape index (κ1) is 12.6. The lowest BCUT2D eigenvalue weighted by atomic mass is 9.66. The van der Waals surface area contributed by atoms with Crippen LogP contribution >= 0.6 is 0 Å². The zero-order valence-electron chi connectivity index (χ0n) is 10.8. The Bertz CT molecular complexity index is 496. The zero-order chi connectivity index (χ0) is 13.8. The van der Waals surface area contributed by atoms with Crippen molar-refractivity contribution in [2.45, 2.75) is 42.5 Å². The molecule has 0 aromatic carbocycles. The fourth-order valence-electron chi connectivity index (χ4n) is 3.43. The molecule has 2 aliphatic heterocycles. The number of amidine groups is 2. The number of rotatable bonds is 2. The summed E-state index contributed by atoms with van der Waals surface area (Å²) in [5.74, 6) is 0.798. The lowest BCUT2D eigenvalue weighted by Crippen LogP contribution is -2.82. The van der Waals surface area contributed by atoms with Gasteiger partial charge >= 0.3 is 0 Å². The van der Waals surface area contributed by atoms with Crippen LogP contribution in [0.25, 0.3) is 0 Å². The summed E-state index contributed by atoms with van der Waals surface area (Å²) >= 11 is 0. The van der Waals surface area contributed by atoms with Crippen LogP contribution in [-0.4, -0.2) is 35.0 Å². The molecule has 3 aliphatic rings. The van der Waals surface area contributed by atoms with Gasteiger partial charge in [0, 0.05) is 6.04 Å². The molecule has 104 valence electrons. The Morgan fingerprint density at radius 1 is 1.32 bits per heavy atom. The fraction of sp³-hybridized carbons (Fsp3) is 0.667. The molecule has 0 fully saturated rings. The monoisotopic (exact) mass is 263 g/mol. The van der Waals surface area contributed by atoms with Crippen LogP contribution in [0.3, 0.4) is 0 Å². The zero-order valence-corrected chi connectivity index (χ0v) is 10.8. The Hall–Kier alpha value is -1.44. The van der Waals surface area contributed by atoms with Crippen LogP contribution in [0.5, 0.6) is 0 Å². The van der Waals surface area contributed by atoms with Crippen LogP contribution in [0.2, 0.25) is 0 Å². The minimum atomic E-state index is -1.09. The maximum Gasteiger partial charge on any atom is 0.175 e. The molecule has 0 amide bonds. The van der Waals surface area contributed by atoms with Crippen molar-refractivity contribution in [2.75, 3.05) is 0 Å². The normalized spacial score (nSPS) is 46.1.